The number of anilines is 1. The van der Waals surface area contributed by atoms with Gasteiger partial charge in [-0.1, -0.05) is 36.4 Å². The maximum Gasteiger partial charge on any atom is 0.292 e. The summed E-state index contributed by atoms with van der Waals surface area (Å²) in [5, 5.41) is 13.7. The number of carbonyl (C=O) groups is 1. The first kappa shape index (κ1) is 17.6. The molecule has 24 heavy (non-hydrogen) atoms. The molecule has 0 bridgehead atoms. The SMILES string of the molecule is Cc1ccccc1CN(C)C(C)C(=O)Nc1ccccc1[N+](=O)[O-]. The zero-order valence-corrected chi connectivity index (χ0v) is 14.0. The number of likely N-dealkylation sites (N-methyl/N-ethyl adjacent to an activating group) is 1. The van der Waals surface area contributed by atoms with Crippen LogP contribution in [0.4, 0.5) is 11.4 Å². The Bertz CT molecular complexity index is 746. The van der Waals surface area contributed by atoms with Crippen LogP contribution in [-0.2, 0) is 11.3 Å². The number of nitrogens with zero attached hydrogens (tertiary/aromatic N) is 2. The summed E-state index contributed by atoms with van der Waals surface area (Å²) in [5.41, 5.74) is 2.41. The van der Waals surface area contributed by atoms with Gasteiger partial charge >= 0.3 is 0 Å². The van der Waals surface area contributed by atoms with Gasteiger partial charge in [-0.05, 0) is 38.1 Å². The molecule has 0 fully saturated rings. The van der Waals surface area contributed by atoms with E-state index in [0.717, 1.165) is 11.1 Å². The molecule has 0 heterocycles. The summed E-state index contributed by atoms with van der Waals surface area (Å²) in [7, 11) is 1.86. The fourth-order valence-corrected chi connectivity index (χ4v) is 2.37. The lowest BCUT2D eigenvalue weighted by molar-refractivity contribution is -0.383. The van der Waals surface area contributed by atoms with Gasteiger partial charge in [-0.2, -0.15) is 0 Å². The topological polar surface area (TPSA) is 75.5 Å². The van der Waals surface area contributed by atoms with Crippen molar-refractivity contribution < 1.29 is 9.72 Å². The highest BCUT2D eigenvalue weighted by molar-refractivity contribution is 5.96. The van der Waals surface area contributed by atoms with Gasteiger partial charge in [-0.25, -0.2) is 0 Å². The minimum absolute atomic E-state index is 0.111. The van der Waals surface area contributed by atoms with Crippen LogP contribution < -0.4 is 5.32 Å². The summed E-state index contributed by atoms with van der Waals surface area (Å²) >= 11 is 0. The molecule has 0 aliphatic heterocycles. The van der Waals surface area contributed by atoms with Crippen molar-refractivity contribution in [3.63, 3.8) is 0 Å². The van der Waals surface area contributed by atoms with E-state index in [1.165, 1.54) is 12.1 Å². The van der Waals surface area contributed by atoms with E-state index in [4.69, 9.17) is 0 Å². The summed E-state index contributed by atoms with van der Waals surface area (Å²) < 4.78 is 0. The van der Waals surface area contributed by atoms with E-state index >= 15 is 0 Å². The molecule has 126 valence electrons. The van der Waals surface area contributed by atoms with Crippen molar-refractivity contribution in [1.29, 1.82) is 0 Å². The molecule has 0 spiro atoms. The molecule has 6 nitrogen and oxygen atoms in total. The minimum atomic E-state index is -0.503. The number of hydrogen-bond donors (Lipinski definition) is 1. The average Bonchev–Trinajstić information content (AvgIpc) is 2.56. The lowest BCUT2D eigenvalue weighted by Gasteiger charge is -2.24. The van der Waals surface area contributed by atoms with E-state index in [9.17, 15) is 14.9 Å². The highest BCUT2D eigenvalue weighted by Crippen LogP contribution is 2.23. The first-order valence-corrected chi connectivity index (χ1v) is 7.69. The molecule has 1 unspecified atom stereocenters. The first-order valence-electron chi connectivity index (χ1n) is 7.69. The molecule has 1 amide bonds. The van der Waals surface area contributed by atoms with Crippen molar-refractivity contribution in [2.75, 3.05) is 12.4 Å². The van der Waals surface area contributed by atoms with Gasteiger partial charge in [0.1, 0.15) is 5.69 Å². The lowest BCUT2D eigenvalue weighted by atomic mass is 10.1. The molecule has 2 aromatic carbocycles. The third-order valence-corrected chi connectivity index (χ3v) is 4.08. The van der Waals surface area contributed by atoms with Crippen LogP contribution in [0, 0.1) is 17.0 Å². The molecular formula is C18H21N3O3. The summed E-state index contributed by atoms with van der Waals surface area (Å²) in [4.78, 5) is 24.9. The maximum atomic E-state index is 12.4. The Kier molecular flexibility index (Phi) is 5.65. The molecular weight excluding hydrogens is 306 g/mol. The summed E-state index contributed by atoms with van der Waals surface area (Å²) in [6, 6.07) is 13.7. The number of rotatable bonds is 6. The zero-order valence-electron chi connectivity index (χ0n) is 14.0. The predicted molar refractivity (Wildman–Crippen MR) is 93.8 cm³/mol. The van der Waals surface area contributed by atoms with Crippen molar-refractivity contribution in [3.05, 3.63) is 69.8 Å². The van der Waals surface area contributed by atoms with Crippen LogP contribution in [0.3, 0.4) is 0 Å². The van der Waals surface area contributed by atoms with Crippen LogP contribution in [0.1, 0.15) is 18.1 Å². The molecule has 0 aromatic heterocycles. The zero-order chi connectivity index (χ0) is 17.7. The fraction of sp³-hybridized carbons (Fsp3) is 0.278. The van der Waals surface area contributed by atoms with E-state index in [1.807, 2.05) is 43.1 Å². The Morgan fingerprint density at radius 2 is 1.83 bits per heavy atom. The Morgan fingerprint density at radius 1 is 1.21 bits per heavy atom. The Morgan fingerprint density at radius 3 is 2.50 bits per heavy atom. The maximum absolute atomic E-state index is 12.4. The van der Waals surface area contributed by atoms with Crippen LogP contribution in [0.2, 0.25) is 0 Å². The highest BCUT2D eigenvalue weighted by Gasteiger charge is 2.21. The Labute approximate surface area is 141 Å². The second kappa shape index (κ2) is 7.70. The number of aryl methyl sites for hydroxylation is 1. The summed E-state index contributed by atoms with van der Waals surface area (Å²) in [5.74, 6) is -0.277. The van der Waals surface area contributed by atoms with E-state index in [2.05, 4.69) is 5.32 Å². The normalized spacial score (nSPS) is 12.0. The van der Waals surface area contributed by atoms with Gasteiger partial charge in [0.2, 0.25) is 5.91 Å². The van der Waals surface area contributed by atoms with Crippen LogP contribution in [0.5, 0.6) is 0 Å². The third-order valence-electron chi connectivity index (χ3n) is 4.08. The molecule has 0 saturated heterocycles. The van der Waals surface area contributed by atoms with Crippen molar-refractivity contribution >= 4 is 17.3 Å². The molecule has 0 aliphatic carbocycles. The number of hydrogen-bond acceptors (Lipinski definition) is 4. The number of carbonyl (C=O) groups excluding carboxylic acids is 1. The Balaban J connectivity index is 2.07. The van der Waals surface area contributed by atoms with Crippen molar-refractivity contribution in [3.8, 4) is 0 Å². The molecule has 0 saturated carbocycles. The minimum Gasteiger partial charge on any atom is -0.319 e. The van der Waals surface area contributed by atoms with Gasteiger partial charge in [0.05, 0.1) is 11.0 Å². The number of benzene rings is 2. The summed E-state index contributed by atoms with van der Waals surface area (Å²) in [6.45, 7) is 4.43. The Hall–Kier alpha value is -2.73. The standard InChI is InChI=1S/C18H21N3O3/c1-13-8-4-5-9-15(13)12-20(3)14(2)18(22)19-16-10-6-7-11-17(16)21(23)24/h4-11,14H,12H2,1-3H3,(H,19,22). The third kappa shape index (κ3) is 4.17. The number of nitro benzene ring substituents is 1. The highest BCUT2D eigenvalue weighted by atomic mass is 16.6. The first-order chi connectivity index (χ1) is 11.4. The largest absolute Gasteiger partial charge is 0.319 e. The van der Waals surface area contributed by atoms with Crippen molar-refractivity contribution in [2.45, 2.75) is 26.4 Å². The van der Waals surface area contributed by atoms with Gasteiger partial charge in [-0.15, -0.1) is 0 Å². The predicted octanol–water partition coefficient (Wildman–Crippen LogP) is 3.36. The summed E-state index contributed by atoms with van der Waals surface area (Å²) in [6.07, 6.45) is 0. The van der Waals surface area contributed by atoms with Crippen LogP contribution >= 0.6 is 0 Å². The second-order valence-electron chi connectivity index (χ2n) is 5.78. The van der Waals surface area contributed by atoms with Gasteiger partial charge < -0.3 is 5.32 Å². The van der Waals surface area contributed by atoms with Crippen LogP contribution in [-0.4, -0.2) is 28.8 Å². The average molecular weight is 327 g/mol. The van der Waals surface area contributed by atoms with E-state index in [-0.39, 0.29) is 17.3 Å². The van der Waals surface area contributed by atoms with Gasteiger partial charge in [0.15, 0.2) is 0 Å². The smallest absolute Gasteiger partial charge is 0.292 e. The van der Waals surface area contributed by atoms with Crippen molar-refractivity contribution in [1.82, 2.24) is 4.90 Å². The molecule has 1 N–H and O–H groups in total. The molecule has 0 aliphatic rings. The van der Waals surface area contributed by atoms with Crippen LogP contribution in [0.25, 0.3) is 0 Å². The monoisotopic (exact) mass is 327 g/mol. The van der Waals surface area contributed by atoms with E-state index in [1.54, 1.807) is 19.1 Å². The molecule has 2 rings (SSSR count). The number of nitrogens with one attached hydrogen (secondary N) is 1. The molecule has 0 radical (unpaired) electrons. The van der Waals surface area contributed by atoms with E-state index < -0.39 is 11.0 Å². The van der Waals surface area contributed by atoms with Gasteiger partial charge in [0.25, 0.3) is 5.69 Å². The lowest BCUT2D eigenvalue weighted by Crippen LogP contribution is -2.39. The number of nitro groups is 1. The van der Waals surface area contributed by atoms with Gasteiger partial charge in [0, 0.05) is 12.6 Å². The quantitative estimate of drug-likeness (QED) is 0.652. The van der Waals surface area contributed by atoms with Crippen LogP contribution in [0.15, 0.2) is 48.5 Å². The number of amides is 1. The molecule has 1 atom stereocenters. The van der Waals surface area contributed by atoms with E-state index in [0.29, 0.717) is 6.54 Å². The molecule has 2 aromatic rings. The number of para-hydroxylation sites is 2. The van der Waals surface area contributed by atoms with Gasteiger partial charge in [-0.3, -0.25) is 19.8 Å². The fourth-order valence-electron chi connectivity index (χ4n) is 2.37. The molecule has 6 heteroatoms. The van der Waals surface area contributed by atoms with Crippen molar-refractivity contribution in [2.24, 2.45) is 0 Å². The second-order valence-corrected chi connectivity index (χ2v) is 5.78.